The molecule has 0 fully saturated rings. The Hall–Kier alpha value is -0.960. The number of rotatable bonds is 9. The second-order valence-electron chi connectivity index (χ2n) is 4.42. The molecule has 1 heterocycles. The van der Waals surface area contributed by atoms with Gasteiger partial charge in [0.05, 0.1) is 0 Å². The van der Waals surface area contributed by atoms with Gasteiger partial charge in [-0.2, -0.15) is 0 Å². The molecule has 0 amide bonds. The zero-order valence-corrected chi connectivity index (χ0v) is 12.9. The van der Waals surface area contributed by atoms with Crippen molar-refractivity contribution in [2.24, 2.45) is 0 Å². The van der Waals surface area contributed by atoms with Crippen molar-refractivity contribution >= 4 is 27.3 Å². The molecule has 3 N–H and O–H groups in total. The van der Waals surface area contributed by atoms with Crippen LogP contribution in [0.2, 0.25) is 0 Å². The van der Waals surface area contributed by atoms with E-state index < -0.39 is 16.0 Å². The summed E-state index contributed by atoms with van der Waals surface area (Å²) in [6, 6.07) is 1.38. The lowest BCUT2D eigenvalue weighted by molar-refractivity contribution is 0.0701. The molecule has 0 radical (unpaired) electrons. The third-order valence-electron chi connectivity index (χ3n) is 2.73. The minimum Gasteiger partial charge on any atom is -0.477 e. The third-order valence-corrected chi connectivity index (χ3v) is 5.89. The van der Waals surface area contributed by atoms with Crippen LogP contribution in [0.25, 0.3) is 0 Å². The van der Waals surface area contributed by atoms with Crippen molar-refractivity contribution < 1.29 is 23.4 Å². The van der Waals surface area contributed by atoms with Crippen molar-refractivity contribution in [2.45, 2.75) is 36.8 Å². The number of nitrogens with one attached hydrogen (secondary N) is 1. The number of hydrogen-bond donors (Lipinski definition) is 3. The van der Waals surface area contributed by atoms with Gasteiger partial charge in [0, 0.05) is 13.2 Å². The molecule has 20 heavy (non-hydrogen) atoms. The summed E-state index contributed by atoms with van der Waals surface area (Å²) in [5.74, 6) is -1.11. The van der Waals surface area contributed by atoms with Crippen LogP contribution in [0.15, 0.2) is 10.3 Å². The maximum absolute atomic E-state index is 12.0. The number of carboxylic acid groups (broad SMARTS) is 1. The predicted octanol–water partition coefficient (Wildman–Crippen LogP) is 1.59. The summed E-state index contributed by atoms with van der Waals surface area (Å²) >= 11 is 0.763. The first-order valence-corrected chi connectivity index (χ1v) is 8.62. The molecule has 1 rings (SSSR count). The van der Waals surface area contributed by atoms with Crippen LogP contribution < -0.4 is 4.72 Å². The Labute approximate surface area is 122 Å². The molecule has 0 aliphatic heterocycles. The van der Waals surface area contributed by atoms with Gasteiger partial charge in [-0.3, -0.25) is 0 Å². The first kappa shape index (κ1) is 17.1. The lowest BCUT2D eigenvalue weighted by Gasteiger charge is -2.04. The third kappa shape index (κ3) is 4.86. The maximum atomic E-state index is 12.0. The van der Waals surface area contributed by atoms with Crippen LogP contribution >= 0.6 is 11.3 Å². The molecule has 0 aromatic carbocycles. The van der Waals surface area contributed by atoms with Crippen molar-refractivity contribution in [1.82, 2.24) is 4.72 Å². The van der Waals surface area contributed by atoms with Gasteiger partial charge < -0.3 is 10.2 Å². The fourth-order valence-corrected chi connectivity index (χ4v) is 4.16. The largest absolute Gasteiger partial charge is 0.477 e. The molecule has 0 saturated carbocycles. The molecule has 1 aromatic rings. The highest BCUT2D eigenvalue weighted by molar-refractivity contribution is 7.91. The predicted molar refractivity (Wildman–Crippen MR) is 76.8 cm³/mol. The Bertz CT molecular complexity index is 550. The number of aliphatic hydroxyl groups excluding tert-OH is 1. The highest BCUT2D eigenvalue weighted by atomic mass is 32.2. The SMILES string of the molecule is Cc1cc(S(=O)(=O)NCCCCCCO)sc1C(=O)O. The van der Waals surface area contributed by atoms with Gasteiger partial charge in [-0.25, -0.2) is 17.9 Å². The molecule has 0 spiro atoms. The summed E-state index contributed by atoms with van der Waals surface area (Å²) in [6.07, 6.45) is 3.11. The second-order valence-corrected chi connectivity index (χ2v) is 7.46. The zero-order chi connectivity index (χ0) is 15.2. The lowest BCUT2D eigenvalue weighted by Crippen LogP contribution is -2.24. The van der Waals surface area contributed by atoms with Crippen molar-refractivity contribution in [1.29, 1.82) is 0 Å². The standard InChI is InChI=1S/C12H19NO5S2/c1-9-8-10(19-11(9)12(15)16)20(17,18)13-6-4-2-3-5-7-14/h8,13-14H,2-7H2,1H3,(H,15,16). The van der Waals surface area contributed by atoms with E-state index in [0.717, 1.165) is 30.6 Å². The van der Waals surface area contributed by atoms with Gasteiger partial charge >= 0.3 is 5.97 Å². The Morgan fingerprint density at radius 1 is 1.30 bits per heavy atom. The van der Waals surface area contributed by atoms with Crippen LogP contribution in [-0.2, 0) is 10.0 Å². The Morgan fingerprint density at radius 2 is 1.95 bits per heavy atom. The van der Waals surface area contributed by atoms with Crippen LogP contribution in [0.1, 0.15) is 40.9 Å². The van der Waals surface area contributed by atoms with Crippen molar-refractivity contribution in [3.63, 3.8) is 0 Å². The highest BCUT2D eigenvalue weighted by Crippen LogP contribution is 2.25. The van der Waals surface area contributed by atoms with Crippen molar-refractivity contribution in [2.75, 3.05) is 13.2 Å². The van der Waals surface area contributed by atoms with Crippen molar-refractivity contribution in [3.05, 3.63) is 16.5 Å². The van der Waals surface area contributed by atoms with E-state index in [-0.39, 0.29) is 15.7 Å². The number of sulfonamides is 1. The zero-order valence-electron chi connectivity index (χ0n) is 11.3. The van der Waals surface area contributed by atoms with Crippen LogP contribution in [0, 0.1) is 6.92 Å². The van der Waals surface area contributed by atoms with E-state index in [1.807, 2.05) is 0 Å². The van der Waals surface area contributed by atoms with Gasteiger partial charge in [-0.1, -0.05) is 12.8 Å². The summed E-state index contributed by atoms with van der Waals surface area (Å²) in [6.45, 7) is 2.04. The summed E-state index contributed by atoms with van der Waals surface area (Å²) in [7, 11) is -3.63. The second kappa shape index (κ2) is 7.72. The molecule has 0 unspecified atom stereocenters. The molecular weight excluding hydrogens is 302 g/mol. The van der Waals surface area contributed by atoms with Gasteiger partial charge in [-0.05, 0) is 31.4 Å². The van der Waals surface area contributed by atoms with Gasteiger partial charge in [0.1, 0.15) is 9.09 Å². The van der Waals surface area contributed by atoms with E-state index in [2.05, 4.69) is 4.72 Å². The summed E-state index contributed by atoms with van der Waals surface area (Å²) < 4.78 is 26.4. The number of aliphatic hydroxyl groups is 1. The lowest BCUT2D eigenvalue weighted by atomic mass is 10.2. The summed E-state index contributed by atoms with van der Waals surface area (Å²) in [5.41, 5.74) is 0.450. The van der Waals surface area contributed by atoms with E-state index in [4.69, 9.17) is 10.2 Å². The fraction of sp³-hybridized carbons (Fsp3) is 0.583. The Balaban J connectivity index is 2.56. The molecule has 0 bridgehead atoms. The van der Waals surface area contributed by atoms with Gasteiger partial charge in [-0.15, -0.1) is 11.3 Å². The maximum Gasteiger partial charge on any atom is 0.346 e. The number of carbonyl (C=O) groups is 1. The fourth-order valence-electron chi connectivity index (χ4n) is 1.67. The number of aromatic carboxylic acids is 1. The smallest absolute Gasteiger partial charge is 0.346 e. The minimum atomic E-state index is -3.63. The first-order valence-electron chi connectivity index (χ1n) is 6.32. The molecule has 6 nitrogen and oxygen atoms in total. The Morgan fingerprint density at radius 3 is 2.50 bits per heavy atom. The minimum absolute atomic E-state index is 0.0303. The molecule has 0 aliphatic carbocycles. The summed E-state index contributed by atoms with van der Waals surface area (Å²) in [4.78, 5) is 10.9. The van der Waals surface area contributed by atoms with E-state index in [0.29, 0.717) is 18.5 Å². The molecular formula is C12H19NO5S2. The van der Waals surface area contributed by atoms with Gasteiger partial charge in [0.15, 0.2) is 0 Å². The monoisotopic (exact) mass is 321 g/mol. The number of aryl methyl sites for hydroxylation is 1. The Kier molecular flexibility index (Phi) is 6.60. The van der Waals surface area contributed by atoms with E-state index in [1.54, 1.807) is 6.92 Å². The van der Waals surface area contributed by atoms with Gasteiger partial charge in [0.25, 0.3) is 0 Å². The molecule has 114 valence electrons. The molecule has 0 atom stereocenters. The number of carboxylic acids is 1. The van der Waals surface area contributed by atoms with Crippen LogP contribution in [-0.4, -0.2) is 37.8 Å². The number of thiophene rings is 1. The van der Waals surface area contributed by atoms with Crippen LogP contribution in [0.4, 0.5) is 0 Å². The van der Waals surface area contributed by atoms with Crippen LogP contribution in [0.3, 0.4) is 0 Å². The van der Waals surface area contributed by atoms with E-state index in [1.165, 1.54) is 6.07 Å². The van der Waals surface area contributed by atoms with E-state index >= 15 is 0 Å². The number of hydrogen-bond acceptors (Lipinski definition) is 5. The number of unbranched alkanes of at least 4 members (excludes halogenated alkanes) is 3. The molecule has 1 aromatic heterocycles. The molecule has 8 heteroatoms. The normalized spacial score (nSPS) is 11.7. The topological polar surface area (TPSA) is 104 Å². The quantitative estimate of drug-likeness (QED) is 0.599. The van der Waals surface area contributed by atoms with Gasteiger partial charge in [0.2, 0.25) is 10.0 Å². The van der Waals surface area contributed by atoms with Crippen molar-refractivity contribution in [3.8, 4) is 0 Å². The van der Waals surface area contributed by atoms with Crippen LogP contribution in [0.5, 0.6) is 0 Å². The average Bonchev–Trinajstić information content (AvgIpc) is 2.76. The highest BCUT2D eigenvalue weighted by Gasteiger charge is 2.21. The summed E-state index contributed by atoms with van der Waals surface area (Å²) in [5, 5.41) is 17.5. The average molecular weight is 321 g/mol. The molecule has 0 aliphatic rings. The first-order chi connectivity index (χ1) is 9.38. The van der Waals surface area contributed by atoms with E-state index in [9.17, 15) is 13.2 Å². The molecule has 0 saturated heterocycles.